The van der Waals surface area contributed by atoms with Crippen molar-refractivity contribution in [1.29, 1.82) is 0 Å². The Bertz CT molecular complexity index is 441. The van der Waals surface area contributed by atoms with Gasteiger partial charge in [0.15, 0.2) is 0 Å². The van der Waals surface area contributed by atoms with Crippen LogP contribution in [0, 0.1) is 20.8 Å². The molecule has 104 valence electrons. The Morgan fingerprint density at radius 1 is 1.06 bits per heavy atom. The van der Waals surface area contributed by atoms with Gasteiger partial charge in [-0.3, -0.25) is 4.79 Å². The topological polar surface area (TPSA) is 34.1 Å². The molecule has 0 unspecified atom stereocenters. The van der Waals surface area contributed by atoms with Crippen molar-refractivity contribution in [2.24, 2.45) is 0 Å². The number of carbonyl (C=O) groups is 1. The van der Waals surface area contributed by atoms with Gasteiger partial charge in [0.2, 0.25) is 5.52 Å². The second-order valence-corrected chi connectivity index (χ2v) is 7.54. The summed E-state index contributed by atoms with van der Waals surface area (Å²) in [7, 11) is -2.69. The molecule has 0 aliphatic heterocycles. The summed E-state index contributed by atoms with van der Waals surface area (Å²) in [4.78, 5) is 12.0. The van der Waals surface area contributed by atoms with Crippen molar-refractivity contribution in [3.8, 4) is 0 Å². The van der Waals surface area contributed by atoms with Crippen LogP contribution in [0.3, 0.4) is 0 Å². The van der Waals surface area contributed by atoms with Crippen LogP contribution in [0.25, 0.3) is 0 Å². The van der Waals surface area contributed by atoms with E-state index in [1.54, 1.807) is 0 Å². The largest absolute Gasteiger partial charge is 0.316 e. The first-order chi connectivity index (χ1) is 7.73. The van der Waals surface area contributed by atoms with Crippen LogP contribution in [0.15, 0.2) is 12.1 Å². The molecule has 0 fully saturated rings. The zero-order valence-corrected chi connectivity index (χ0v) is 15.9. The van der Waals surface area contributed by atoms with Gasteiger partial charge in [-0.15, -0.1) is 0 Å². The Labute approximate surface area is 134 Å². The zero-order chi connectivity index (χ0) is 13.8. The van der Waals surface area contributed by atoms with Crippen LogP contribution in [0.5, 0.6) is 0 Å². The van der Waals surface area contributed by atoms with E-state index in [0.717, 1.165) is 16.7 Å². The lowest BCUT2D eigenvalue weighted by atomic mass is 10.0. The summed E-state index contributed by atoms with van der Waals surface area (Å²) in [5.41, 5.74) is 3.39. The van der Waals surface area contributed by atoms with Crippen molar-refractivity contribution >= 4 is 49.9 Å². The third-order valence-corrected chi connectivity index (χ3v) is 3.58. The van der Waals surface area contributed by atoms with Crippen LogP contribution in [-0.2, 0) is 4.57 Å². The number of aryl methyl sites for hydroxylation is 3. The van der Waals surface area contributed by atoms with E-state index in [0.29, 0.717) is 5.56 Å². The van der Waals surface area contributed by atoms with E-state index in [-0.39, 0.29) is 13.0 Å². The van der Waals surface area contributed by atoms with Gasteiger partial charge < -0.3 is 4.57 Å². The summed E-state index contributed by atoms with van der Waals surface area (Å²) in [5.74, 6) is 0. The highest BCUT2D eigenvalue weighted by Crippen LogP contribution is 2.41. The van der Waals surface area contributed by atoms with E-state index in [9.17, 15) is 9.36 Å². The van der Waals surface area contributed by atoms with Gasteiger partial charge in [-0.05, 0) is 45.2 Å². The van der Waals surface area contributed by atoms with E-state index in [2.05, 4.69) is 37.2 Å². The second kappa shape index (κ2) is 8.69. The average molecular weight is 494 g/mol. The van der Waals surface area contributed by atoms with Crippen LogP contribution in [0.4, 0.5) is 0 Å². The molecule has 1 aromatic carbocycles. The summed E-state index contributed by atoms with van der Waals surface area (Å²) in [6.07, 6.45) is 0. The minimum Gasteiger partial charge on any atom is -0.316 e. The van der Waals surface area contributed by atoms with Gasteiger partial charge in [0.05, 0.1) is 0 Å². The lowest BCUT2D eigenvalue weighted by Gasteiger charge is -2.12. The number of rotatable bonds is 2. The molecule has 18 heavy (non-hydrogen) atoms. The van der Waals surface area contributed by atoms with Crippen molar-refractivity contribution in [2.75, 3.05) is 13.3 Å². The van der Waals surface area contributed by atoms with Gasteiger partial charge in [0.25, 0.3) is 0 Å². The highest BCUT2D eigenvalue weighted by atomic mass is 128. The summed E-state index contributed by atoms with van der Waals surface area (Å²) >= 11 is 4.24. The smallest absolute Gasteiger partial charge is 0.221 e. The predicted molar refractivity (Wildman–Crippen MR) is 99.2 cm³/mol. The molecule has 1 rings (SSSR count). The molecule has 5 heteroatoms. The third-order valence-electron chi connectivity index (χ3n) is 2.38. The molecule has 2 nitrogen and oxygen atoms in total. The van der Waals surface area contributed by atoms with Crippen molar-refractivity contribution < 1.29 is 9.36 Å². The van der Waals surface area contributed by atoms with Gasteiger partial charge in [-0.25, -0.2) is 0 Å². The molecule has 0 spiro atoms. The summed E-state index contributed by atoms with van der Waals surface area (Å²) in [6.45, 7) is 8.82. The van der Waals surface area contributed by atoms with Crippen molar-refractivity contribution in [3.63, 3.8) is 0 Å². The predicted octanol–water partition coefficient (Wildman–Crippen LogP) is 5.78. The minimum absolute atomic E-state index is 0. The first-order valence-corrected chi connectivity index (χ1v) is 13.9. The monoisotopic (exact) mass is 494 g/mol. The number of hydrogen-bond donors (Lipinski definition) is 0. The van der Waals surface area contributed by atoms with E-state index < -0.39 is 7.14 Å². The van der Waals surface area contributed by atoms with Crippen LogP contribution in [-0.4, -0.2) is 18.9 Å². The fraction of sp³-hybridized carbons (Fsp3) is 0.462. The first-order valence-electron chi connectivity index (χ1n) is 5.05. The fourth-order valence-corrected chi connectivity index (χ4v) is 2.68. The molecule has 0 bridgehead atoms. The molecule has 0 saturated heterocycles. The van der Waals surface area contributed by atoms with E-state index in [4.69, 9.17) is 0 Å². The van der Waals surface area contributed by atoms with E-state index in [1.807, 2.05) is 32.9 Å². The normalized spacial score (nSPS) is 9.94. The standard InChI is InChI=1S/C12H17O2P.CH4.I2/c1-8-6-9(2)11(10(3)7-8)12(13)15(4,5)14;;1-2/h6-7H,1-5H3;1H4;. The molecule has 0 aliphatic rings. The molecule has 0 aromatic heterocycles. The lowest BCUT2D eigenvalue weighted by molar-refractivity contribution is 0.107. The summed E-state index contributed by atoms with van der Waals surface area (Å²) < 4.78 is 11.8. The Morgan fingerprint density at radius 3 is 1.67 bits per heavy atom. The molecule has 0 N–H and O–H groups in total. The maximum Gasteiger partial charge on any atom is 0.221 e. The van der Waals surface area contributed by atoms with Gasteiger partial charge in [0.1, 0.15) is 7.14 Å². The van der Waals surface area contributed by atoms with Gasteiger partial charge in [0, 0.05) is 42.8 Å². The number of carbonyl (C=O) groups excluding carboxylic acids is 1. The Hall–Kier alpha value is 0.580. The van der Waals surface area contributed by atoms with Crippen molar-refractivity contribution in [1.82, 2.24) is 0 Å². The first kappa shape index (κ1) is 20.9. The highest BCUT2D eigenvalue weighted by Gasteiger charge is 2.24. The second-order valence-electron chi connectivity index (χ2n) is 4.43. The fourth-order valence-electron chi connectivity index (χ4n) is 1.79. The summed E-state index contributed by atoms with van der Waals surface area (Å²) in [5, 5.41) is 0. The maximum absolute atomic E-state index is 12.0. The minimum atomic E-state index is -2.69. The van der Waals surface area contributed by atoms with Crippen LogP contribution < -0.4 is 0 Å². The van der Waals surface area contributed by atoms with Crippen molar-refractivity contribution in [3.05, 3.63) is 34.4 Å². The highest BCUT2D eigenvalue weighted by molar-refractivity contribution is 15.0. The van der Waals surface area contributed by atoms with Gasteiger partial charge >= 0.3 is 0 Å². The Morgan fingerprint density at radius 2 is 1.39 bits per heavy atom. The molecule has 0 saturated carbocycles. The SMILES string of the molecule is C.Cc1cc(C)c(C(=O)P(C)(C)=O)c(C)c1.II. The number of halogens is 2. The van der Waals surface area contributed by atoms with Crippen molar-refractivity contribution in [2.45, 2.75) is 28.2 Å². The molecule has 0 radical (unpaired) electrons. The number of hydrogen-bond acceptors (Lipinski definition) is 2. The quantitative estimate of drug-likeness (QED) is 0.386. The summed E-state index contributed by atoms with van der Waals surface area (Å²) in [6, 6.07) is 3.91. The lowest BCUT2D eigenvalue weighted by Crippen LogP contribution is -2.05. The van der Waals surface area contributed by atoms with E-state index in [1.165, 1.54) is 13.3 Å². The molecule has 0 atom stereocenters. The Balaban J connectivity index is 0. The molecular weight excluding hydrogens is 473 g/mol. The van der Waals surface area contributed by atoms with Crippen LogP contribution in [0.1, 0.15) is 34.5 Å². The molecular formula is C13H21I2O2P. The number of benzene rings is 1. The molecule has 1 aromatic rings. The molecule has 0 amide bonds. The zero-order valence-electron chi connectivity index (χ0n) is 10.7. The van der Waals surface area contributed by atoms with Crippen LogP contribution in [0.2, 0.25) is 0 Å². The van der Waals surface area contributed by atoms with Crippen LogP contribution >= 0.6 is 44.4 Å². The Kier molecular flexibility index (Phi) is 10.1. The third kappa shape index (κ3) is 5.70. The molecule has 0 heterocycles. The van der Waals surface area contributed by atoms with Gasteiger partial charge in [-0.1, -0.05) is 25.1 Å². The average Bonchev–Trinajstić information content (AvgIpc) is 2.17. The molecule has 0 aliphatic carbocycles. The van der Waals surface area contributed by atoms with E-state index >= 15 is 0 Å². The van der Waals surface area contributed by atoms with Gasteiger partial charge in [-0.2, -0.15) is 0 Å². The maximum atomic E-state index is 12.0.